The molecule has 0 unspecified atom stereocenters. The zero-order chi connectivity index (χ0) is 62.8. The van der Waals surface area contributed by atoms with Crippen molar-refractivity contribution in [2.75, 3.05) is 13.2 Å². The van der Waals surface area contributed by atoms with Gasteiger partial charge in [0.05, 0.1) is 6.61 Å². The molecule has 4 atom stereocenters. The Morgan fingerprint density at radius 1 is 0.287 bits per heavy atom. The maximum Gasteiger partial charge on any atom is 0.306 e. The summed E-state index contributed by atoms with van der Waals surface area (Å²) in [7, 11) is 0. The van der Waals surface area contributed by atoms with Gasteiger partial charge in [-0.2, -0.15) is 0 Å². The maximum atomic E-state index is 13.7. The first-order valence-corrected chi connectivity index (χ1v) is 39.2. The van der Waals surface area contributed by atoms with Gasteiger partial charge in [0.1, 0.15) is 12.7 Å². The number of carbonyl (C=O) groups is 4. The summed E-state index contributed by atoms with van der Waals surface area (Å²) in [4.78, 5) is 54.2. The second-order valence-corrected chi connectivity index (χ2v) is 27.3. The van der Waals surface area contributed by atoms with Crippen LogP contribution in [0.15, 0.2) is 0 Å². The summed E-state index contributed by atoms with van der Waals surface area (Å²) in [6, 6.07) is 0. The summed E-state index contributed by atoms with van der Waals surface area (Å²) in [6.07, 6.45) is 72.1. The molecule has 0 aromatic heterocycles. The Morgan fingerprint density at radius 3 is 0.770 bits per heavy atom. The van der Waals surface area contributed by atoms with Crippen molar-refractivity contribution >= 4 is 23.9 Å². The Bertz CT molecular complexity index is 1470. The largest absolute Gasteiger partial charge is 0.462 e. The first kappa shape index (κ1) is 82.9. The minimum absolute atomic E-state index is 0.00629. The van der Waals surface area contributed by atoms with Gasteiger partial charge >= 0.3 is 23.9 Å². The number of unbranched alkanes of at least 4 members (excludes halogenated alkanes) is 56. The van der Waals surface area contributed by atoms with Crippen LogP contribution in [0.4, 0.5) is 0 Å². The molecule has 0 spiro atoms. The van der Waals surface area contributed by atoms with Gasteiger partial charge < -0.3 is 23.7 Å². The third-order valence-corrected chi connectivity index (χ3v) is 18.7. The van der Waals surface area contributed by atoms with E-state index >= 15 is 0 Å². The number of rotatable bonds is 70. The van der Waals surface area contributed by atoms with E-state index in [2.05, 4.69) is 27.7 Å². The van der Waals surface area contributed by atoms with Crippen LogP contribution in [0.3, 0.4) is 0 Å². The Labute approximate surface area is 540 Å². The van der Waals surface area contributed by atoms with Crippen LogP contribution in [0.25, 0.3) is 0 Å². The third kappa shape index (κ3) is 56.3. The number of carbonyl (C=O) groups excluding carboxylic acids is 4. The van der Waals surface area contributed by atoms with Crippen LogP contribution in [-0.4, -0.2) is 61.5 Å². The summed E-state index contributed by atoms with van der Waals surface area (Å²) in [6.45, 7) is 8.90. The molecule has 0 aliphatic carbocycles. The molecule has 0 bridgehead atoms. The van der Waals surface area contributed by atoms with Crippen LogP contribution in [0.2, 0.25) is 0 Å². The second kappa shape index (κ2) is 66.8. The highest BCUT2D eigenvalue weighted by atomic mass is 16.7. The van der Waals surface area contributed by atoms with Gasteiger partial charge in [-0.1, -0.05) is 387 Å². The maximum absolute atomic E-state index is 13.7. The summed E-state index contributed by atoms with van der Waals surface area (Å²) >= 11 is 0. The minimum Gasteiger partial charge on any atom is -0.462 e. The Balaban J connectivity index is 2.85. The van der Waals surface area contributed by atoms with Crippen LogP contribution in [0.1, 0.15) is 439 Å². The topological polar surface area (TPSA) is 114 Å². The first-order valence-electron chi connectivity index (χ1n) is 39.2. The van der Waals surface area contributed by atoms with Crippen molar-refractivity contribution < 1.29 is 42.9 Å². The molecule has 9 heteroatoms. The molecule has 9 nitrogen and oxygen atoms in total. The van der Waals surface area contributed by atoms with E-state index in [9.17, 15) is 19.2 Å². The second-order valence-electron chi connectivity index (χ2n) is 27.3. The van der Waals surface area contributed by atoms with E-state index in [-0.39, 0.29) is 56.4 Å². The van der Waals surface area contributed by atoms with E-state index < -0.39 is 24.4 Å². The molecular formula is C78H148O9. The molecule has 1 heterocycles. The molecule has 0 aromatic rings. The average Bonchev–Trinajstić information content (AvgIpc) is 2.48. The van der Waals surface area contributed by atoms with Gasteiger partial charge in [-0.3, -0.25) is 19.2 Å². The predicted molar refractivity (Wildman–Crippen MR) is 369 cm³/mol. The lowest BCUT2D eigenvalue weighted by Crippen LogP contribution is -2.47. The van der Waals surface area contributed by atoms with Crippen molar-refractivity contribution in [1.82, 2.24) is 0 Å². The van der Waals surface area contributed by atoms with Gasteiger partial charge in [0, 0.05) is 25.7 Å². The highest BCUT2D eigenvalue weighted by Gasteiger charge is 2.48. The molecule has 514 valence electrons. The fourth-order valence-electron chi connectivity index (χ4n) is 12.8. The van der Waals surface area contributed by atoms with Gasteiger partial charge in [-0.15, -0.1) is 0 Å². The van der Waals surface area contributed by atoms with Crippen LogP contribution < -0.4 is 0 Å². The van der Waals surface area contributed by atoms with Crippen LogP contribution in [0, 0.1) is 0 Å². The van der Waals surface area contributed by atoms with Crippen molar-refractivity contribution in [1.29, 1.82) is 0 Å². The van der Waals surface area contributed by atoms with Gasteiger partial charge in [0.25, 0.3) is 0 Å². The Morgan fingerprint density at radius 2 is 0.506 bits per heavy atom. The number of esters is 4. The van der Waals surface area contributed by atoms with E-state index in [1.54, 1.807) is 0 Å². The third-order valence-electron chi connectivity index (χ3n) is 18.7. The standard InChI is InChI=1S/C78H148O9/c1-5-9-13-17-21-25-29-33-37-41-45-49-53-57-61-65-73(79)83-69-71(85-74(80)66-62-58-54-50-46-42-38-34-30-26-22-18-14-10-6-2)77-78(87-76(82)68-64-60-56-52-48-44-40-36-32-28-24-20-16-12-8-4)72(70-84-77)86-75(81)67-63-59-55-51-47-43-39-35-31-27-23-19-15-11-7-3/h71-72,77-78H,5-70H2,1-4H3/t71-,72+,77-,78-/m1/s1. The van der Waals surface area contributed by atoms with E-state index in [1.807, 2.05) is 0 Å². The normalized spacial score (nSPS) is 15.3. The van der Waals surface area contributed by atoms with Crippen molar-refractivity contribution in [3.63, 3.8) is 0 Å². The molecule has 1 aliphatic rings. The number of hydrogen-bond acceptors (Lipinski definition) is 9. The fourth-order valence-corrected chi connectivity index (χ4v) is 12.8. The van der Waals surface area contributed by atoms with Crippen molar-refractivity contribution in [2.24, 2.45) is 0 Å². The molecule has 1 fully saturated rings. The van der Waals surface area contributed by atoms with Crippen LogP contribution in [-0.2, 0) is 42.9 Å². The molecule has 87 heavy (non-hydrogen) atoms. The SMILES string of the molecule is CCCCCCCCCCCCCCCCCC(=O)OC[C@@H](OC(=O)CCCCCCCCCCCCCCCCC)[C@H]1OC[C@H](OC(=O)CCCCCCCCCCCCCCCCC)[C@H]1OC(=O)CCCCCCCCCCCCCCCCC. The van der Waals surface area contributed by atoms with Gasteiger partial charge in [0.15, 0.2) is 18.3 Å². The highest BCUT2D eigenvalue weighted by molar-refractivity contribution is 5.71. The molecule has 0 saturated carbocycles. The molecule has 0 amide bonds. The predicted octanol–water partition coefficient (Wildman–Crippen LogP) is 24.7. The lowest BCUT2D eigenvalue weighted by atomic mass is 10.0. The van der Waals surface area contributed by atoms with Crippen molar-refractivity contribution in [3.05, 3.63) is 0 Å². The zero-order valence-electron chi connectivity index (χ0n) is 58.7. The quantitative estimate of drug-likeness (QED) is 0.0334. The number of hydrogen-bond donors (Lipinski definition) is 0. The Kier molecular flexibility index (Phi) is 63.6. The fraction of sp³-hybridized carbons (Fsp3) is 0.949. The van der Waals surface area contributed by atoms with E-state index in [1.165, 1.54) is 308 Å². The summed E-state index contributed by atoms with van der Waals surface area (Å²) in [5.41, 5.74) is 0. The highest BCUT2D eigenvalue weighted by Crippen LogP contribution is 2.28. The van der Waals surface area contributed by atoms with Crippen molar-refractivity contribution in [2.45, 2.75) is 463 Å². The molecule has 1 saturated heterocycles. The van der Waals surface area contributed by atoms with E-state index in [0.29, 0.717) is 19.3 Å². The first-order chi connectivity index (χ1) is 42.9. The zero-order valence-corrected chi connectivity index (χ0v) is 58.7. The summed E-state index contributed by atoms with van der Waals surface area (Å²) in [5.74, 6) is -1.42. The average molecular weight is 1230 g/mol. The minimum atomic E-state index is -1.01. The van der Waals surface area contributed by atoms with Crippen molar-refractivity contribution in [3.8, 4) is 0 Å². The van der Waals surface area contributed by atoms with Gasteiger partial charge in [-0.25, -0.2) is 0 Å². The summed E-state index contributed by atoms with van der Waals surface area (Å²) in [5, 5.41) is 0. The molecular weight excluding hydrogens is 1080 g/mol. The molecule has 1 rings (SSSR count). The lowest BCUT2D eigenvalue weighted by Gasteiger charge is -2.28. The van der Waals surface area contributed by atoms with Gasteiger partial charge in [-0.05, 0) is 25.7 Å². The Hall–Kier alpha value is -2.16. The lowest BCUT2D eigenvalue weighted by molar-refractivity contribution is -0.179. The number of ether oxygens (including phenoxy) is 5. The molecule has 0 radical (unpaired) electrons. The monoisotopic (exact) mass is 1230 g/mol. The van der Waals surface area contributed by atoms with E-state index in [0.717, 1.165) is 64.2 Å². The van der Waals surface area contributed by atoms with Crippen LogP contribution in [0.5, 0.6) is 0 Å². The van der Waals surface area contributed by atoms with E-state index in [4.69, 9.17) is 23.7 Å². The van der Waals surface area contributed by atoms with Gasteiger partial charge in [0.2, 0.25) is 0 Å². The summed E-state index contributed by atoms with van der Waals surface area (Å²) < 4.78 is 30.7. The van der Waals surface area contributed by atoms with Crippen LogP contribution >= 0.6 is 0 Å². The molecule has 0 N–H and O–H groups in total. The molecule has 1 aliphatic heterocycles. The molecule has 0 aromatic carbocycles. The smallest absolute Gasteiger partial charge is 0.306 e.